The lowest BCUT2D eigenvalue weighted by Crippen LogP contribution is -2.02. The number of fused-ring (bicyclic) bond motifs is 1. The summed E-state index contributed by atoms with van der Waals surface area (Å²) in [6.07, 6.45) is 0. The molecular weight excluding hydrogens is 322 g/mol. The second kappa shape index (κ2) is 2.99. The predicted molar refractivity (Wildman–Crippen MR) is 54.3 cm³/mol. The second-order valence-electron chi connectivity index (χ2n) is 2.49. The van der Waals surface area contributed by atoms with Gasteiger partial charge in [0, 0.05) is 4.47 Å². The molecule has 0 saturated heterocycles. The van der Waals surface area contributed by atoms with Gasteiger partial charge in [-0.25, -0.2) is 4.70 Å². The van der Waals surface area contributed by atoms with E-state index in [0.29, 0.717) is 20.3 Å². The summed E-state index contributed by atoms with van der Waals surface area (Å²) in [5.41, 5.74) is 10.00. The van der Waals surface area contributed by atoms with Gasteiger partial charge in [-0.15, -0.1) is 10.1 Å². The van der Waals surface area contributed by atoms with Crippen LogP contribution in [-0.4, -0.2) is 5.09 Å². The van der Waals surface area contributed by atoms with Crippen molar-refractivity contribution in [2.45, 2.75) is 0 Å². The topological polar surface area (TPSA) is 77.7 Å². The van der Waals surface area contributed by atoms with Crippen molar-refractivity contribution in [3.05, 3.63) is 30.7 Å². The maximum atomic E-state index is 10.1. The fourth-order valence-corrected chi connectivity index (χ4v) is 1.95. The van der Waals surface area contributed by atoms with Gasteiger partial charge in [-0.05, 0) is 37.9 Å². The average Bonchev–Trinajstić information content (AvgIpc) is 2.72. The van der Waals surface area contributed by atoms with Crippen LogP contribution in [0.2, 0.25) is 0 Å². The van der Waals surface area contributed by atoms with E-state index in [0.717, 1.165) is 4.70 Å². The molecule has 2 rings (SSSR count). The molecule has 0 bridgehead atoms. The Morgan fingerprint density at radius 1 is 1.50 bits per heavy atom. The van der Waals surface area contributed by atoms with E-state index < -0.39 is 5.09 Å². The fraction of sp³-hybridized carbons (Fsp3) is 0. The SMILES string of the molecule is [N-]=[N+]1c2c(O[N+](=O)[O-])cc(Br)c(Br)c21. The molecule has 0 spiro atoms. The molecule has 0 unspecified atom stereocenters. The lowest BCUT2D eigenvalue weighted by molar-refractivity contribution is -0.710. The summed E-state index contributed by atoms with van der Waals surface area (Å²) in [7, 11) is 0. The summed E-state index contributed by atoms with van der Waals surface area (Å²) in [4.78, 5) is 14.4. The van der Waals surface area contributed by atoms with Crippen molar-refractivity contribution in [3.8, 4) is 5.75 Å². The molecule has 0 aliphatic carbocycles. The van der Waals surface area contributed by atoms with Crippen LogP contribution in [0.5, 0.6) is 5.75 Å². The lowest BCUT2D eigenvalue weighted by atomic mass is 10.3. The van der Waals surface area contributed by atoms with Crippen LogP contribution < -0.4 is 9.53 Å². The summed E-state index contributed by atoms with van der Waals surface area (Å²) in [6.45, 7) is 0. The van der Waals surface area contributed by atoms with Crippen molar-refractivity contribution in [3.63, 3.8) is 0 Å². The molecule has 0 amide bonds. The van der Waals surface area contributed by atoms with Crippen LogP contribution in [0.25, 0.3) is 5.53 Å². The van der Waals surface area contributed by atoms with E-state index in [1.165, 1.54) is 6.07 Å². The minimum absolute atomic E-state index is 0.00238. The molecule has 1 heterocycles. The van der Waals surface area contributed by atoms with E-state index in [9.17, 15) is 15.6 Å². The number of nitrogens with zero attached hydrogens (tertiary/aromatic N) is 3. The third kappa shape index (κ3) is 1.30. The molecule has 1 aliphatic heterocycles. The zero-order valence-electron chi connectivity index (χ0n) is 6.40. The summed E-state index contributed by atoms with van der Waals surface area (Å²) in [5, 5.41) is 9.17. The molecule has 0 aromatic heterocycles. The van der Waals surface area contributed by atoms with E-state index in [1.807, 2.05) is 0 Å². The van der Waals surface area contributed by atoms with Crippen LogP contribution in [0.4, 0.5) is 11.4 Å². The Morgan fingerprint density at radius 2 is 2.14 bits per heavy atom. The van der Waals surface area contributed by atoms with E-state index in [2.05, 4.69) is 36.7 Å². The highest BCUT2D eigenvalue weighted by molar-refractivity contribution is 9.13. The quantitative estimate of drug-likeness (QED) is 0.369. The van der Waals surface area contributed by atoms with Gasteiger partial charge in [-0.1, -0.05) is 0 Å². The van der Waals surface area contributed by atoms with E-state index in [-0.39, 0.29) is 5.75 Å². The summed E-state index contributed by atoms with van der Waals surface area (Å²) in [6, 6.07) is 1.40. The lowest BCUT2D eigenvalue weighted by Gasteiger charge is -1.93. The van der Waals surface area contributed by atoms with Gasteiger partial charge in [0.2, 0.25) is 5.75 Å². The van der Waals surface area contributed by atoms with E-state index in [4.69, 9.17) is 0 Å². The molecule has 0 radical (unpaired) electrons. The first-order valence-corrected chi connectivity index (χ1v) is 4.94. The molecule has 0 atom stereocenters. The van der Waals surface area contributed by atoms with Crippen LogP contribution in [0.1, 0.15) is 0 Å². The third-order valence-electron chi connectivity index (χ3n) is 1.68. The zero-order valence-corrected chi connectivity index (χ0v) is 9.57. The predicted octanol–water partition coefficient (Wildman–Crippen LogP) is 2.95. The van der Waals surface area contributed by atoms with Gasteiger partial charge < -0.3 is 5.53 Å². The molecule has 1 aliphatic rings. The first kappa shape index (κ1) is 9.53. The minimum Gasteiger partial charge on any atom is -0.493 e. The molecule has 14 heavy (non-hydrogen) atoms. The number of halogens is 2. The Hall–Kier alpha value is -1.02. The molecular formula is C6HBr2N3O3. The highest BCUT2D eigenvalue weighted by Gasteiger charge is 2.43. The summed E-state index contributed by atoms with van der Waals surface area (Å²) >= 11 is 6.36. The molecule has 0 fully saturated rings. The Morgan fingerprint density at radius 3 is 2.71 bits per heavy atom. The zero-order chi connectivity index (χ0) is 10.5. The Labute approximate surface area is 94.3 Å². The van der Waals surface area contributed by atoms with Crippen molar-refractivity contribution < 1.29 is 9.92 Å². The van der Waals surface area contributed by atoms with Gasteiger partial charge in [0.15, 0.2) is 0 Å². The highest BCUT2D eigenvalue weighted by Crippen LogP contribution is 2.57. The van der Waals surface area contributed by atoms with Crippen molar-refractivity contribution >= 4 is 43.2 Å². The van der Waals surface area contributed by atoms with Gasteiger partial charge >= 0.3 is 5.69 Å². The average molecular weight is 323 g/mol. The molecule has 1 aromatic carbocycles. The summed E-state index contributed by atoms with van der Waals surface area (Å²) < 4.78 is 2.02. The third-order valence-corrected chi connectivity index (χ3v) is 3.64. The van der Waals surface area contributed by atoms with Crippen LogP contribution in [0.15, 0.2) is 15.0 Å². The molecule has 1 aromatic rings. The number of hydrogen-bond donors (Lipinski definition) is 0. The van der Waals surface area contributed by atoms with Gasteiger partial charge in [-0.2, -0.15) is 0 Å². The van der Waals surface area contributed by atoms with E-state index in [1.54, 1.807) is 0 Å². The van der Waals surface area contributed by atoms with Crippen LogP contribution in [0, 0.1) is 10.1 Å². The first-order valence-electron chi connectivity index (χ1n) is 3.35. The first-order chi connectivity index (χ1) is 6.52. The van der Waals surface area contributed by atoms with Crippen LogP contribution >= 0.6 is 31.9 Å². The van der Waals surface area contributed by atoms with Crippen molar-refractivity contribution in [1.82, 2.24) is 4.70 Å². The normalized spacial score (nSPS) is 12.3. The Kier molecular flexibility index (Phi) is 2.04. The smallest absolute Gasteiger partial charge is 0.303 e. The standard InChI is InChI=1S/C6HBr2N3O3/c7-2-1-3(14-11(12)13)5-6(4(2)8)10(5)9/h1H. The number of benzene rings is 1. The monoisotopic (exact) mass is 321 g/mol. The highest BCUT2D eigenvalue weighted by atomic mass is 79.9. The van der Waals surface area contributed by atoms with Gasteiger partial charge in [0.05, 0.1) is 0 Å². The molecule has 72 valence electrons. The number of rotatable bonds is 2. The van der Waals surface area contributed by atoms with Crippen LogP contribution in [0.3, 0.4) is 0 Å². The maximum absolute atomic E-state index is 10.1. The van der Waals surface area contributed by atoms with Gasteiger partial charge in [0.25, 0.3) is 10.8 Å². The Bertz CT molecular complexity index is 474. The molecule has 8 heteroatoms. The second-order valence-corrected chi connectivity index (χ2v) is 4.14. The largest absolute Gasteiger partial charge is 0.493 e. The molecule has 6 nitrogen and oxygen atoms in total. The van der Waals surface area contributed by atoms with Gasteiger partial charge in [-0.3, -0.25) is 4.84 Å². The fourth-order valence-electron chi connectivity index (χ4n) is 1.08. The van der Waals surface area contributed by atoms with Crippen molar-refractivity contribution in [2.75, 3.05) is 0 Å². The van der Waals surface area contributed by atoms with E-state index >= 15 is 0 Å². The Balaban J connectivity index is 2.51. The number of hydrogen-bond acceptors (Lipinski definition) is 3. The minimum atomic E-state index is -0.928. The van der Waals surface area contributed by atoms with Crippen molar-refractivity contribution in [1.29, 1.82) is 0 Å². The maximum Gasteiger partial charge on any atom is 0.303 e. The summed E-state index contributed by atoms with van der Waals surface area (Å²) in [5.74, 6) is 0.00238. The van der Waals surface area contributed by atoms with Crippen molar-refractivity contribution in [2.24, 2.45) is 0 Å². The van der Waals surface area contributed by atoms with Gasteiger partial charge in [0.1, 0.15) is 4.47 Å². The molecule has 0 saturated carbocycles. The van der Waals surface area contributed by atoms with Crippen LogP contribution in [-0.2, 0) is 0 Å². The molecule has 0 N–H and O–H groups in total.